The number of nitrogens with one attached hydrogen (secondary N) is 1. The van der Waals surface area contributed by atoms with Gasteiger partial charge in [-0.25, -0.2) is 4.39 Å². The van der Waals surface area contributed by atoms with Gasteiger partial charge >= 0.3 is 5.97 Å². The molecule has 0 radical (unpaired) electrons. The summed E-state index contributed by atoms with van der Waals surface area (Å²) in [6.45, 7) is 2.89. The van der Waals surface area contributed by atoms with E-state index in [0.717, 1.165) is 0 Å². The van der Waals surface area contributed by atoms with Crippen LogP contribution in [0.2, 0.25) is 0 Å². The predicted molar refractivity (Wildman–Crippen MR) is 49.7 cm³/mol. The summed E-state index contributed by atoms with van der Waals surface area (Å²) >= 11 is 0. The number of alkyl halides is 1. The molecule has 0 aromatic carbocycles. The molecule has 0 aromatic heterocycles. The lowest BCUT2D eigenvalue weighted by Crippen LogP contribution is -2.54. The predicted octanol–water partition coefficient (Wildman–Crippen LogP) is 1.04. The molecule has 2 aliphatic rings. The zero-order valence-corrected chi connectivity index (χ0v) is 8.29. The third-order valence-electron chi connectivity index (χ3n) is 3.49. The van der Waals surface area contributed by atoms with Crippen molar-refractivity contribution in [2.75, 3.05) is 13.1 Å². The maximum atomic E-state index is 13.8. The van der Waals surface area contributed by atoms with Gasteiger partial charge in [-0.3, -0.25) is 4.79 Å². The highest BCUT2D eigenvalue weighted by molar-refractivity contribution is 5.71. The number of piperidine rings is 1. The molecule has 1 saturated heterocycles. The largest absolute Gasteiger partial charge is 0.481 e. The minimum Gasteiger partial charge on any atom is -0.481 e. The number of hydrogen-bond acceptors (Lipinski definition) is 2. The molecule has 1 aliphatic heterocycles. The van der Waals surface area contributed by atoms with Crippen molar-refractivity contribution < 1.29 is 14.3 Å². The lowest BCUT2D eigenvalue weighted by molar-refractivity contribution is -0.151. The zero-order chi connectivity index (χ0) is 10.3. The summed E-state index contributed by atoms with van der Waals surface area (Å²) in [5, 5.41) is 12.2. The molecule has 0 spiro atoms. The summed E-state index contributed by atoms with van der Waals surface area (Å²) in [6, 6.07) is 0. The van der Waals surface area contributed by atoms with Crippen LogP contribution in [-0.4, -0.2) is 29.8 Å². The van der Waals surface area contributed by atoms with Crippen LogP contribution in [0.4, 0.5) is 4.39 Å². The highest BCUT2D eigenvalue weighted by Crippen LogP contribution is 2.44. The number of carboxylic acids is 1. The van der Waals surface area contributed by atoms with Crippen LogP contribution in [0.3, 0.4) is 0 Å². The van der Waals surface area contributed by atoms with Crippen molar-refractivity contribution in [1.82, 2.24) is 5.32 Å². The van der Waals surface area contributed by atoms with Gasteiger partial charge in [0, 0.05) is 0 Å². The Morgan fingerprint density at radius 2 is 1.93 bits per heavy atom. The van der Waals surface area contributed by atoms with Gasteiger partial charge in [-0.05, 0) is 44.7 Å². The molecule has 2 unspecified atom stereocenters. The molecule has 0 aromatic rings. The molecule has 4 heteroatoms. The van der Waals surface area contributed by atoms with Crippen molar-refractivity contribution in [1.29, 1.82) is 0 Å². The van der Waals surface area contributed by atoms with Crippen LogP contribution >= 0.6 is 0 Å². The molecule has 2 fully saturated rings. The van der Waals surface area contributed by atoms with Crippen molar-refractivity contribution in [2.45, 2.75) is 25.4 Å². The Bertz CT molecular complexity index is 239. The van der Waals surface area contributed by atoms with Gasteiger partial charge in [0.2, 0.25) is 0 Å². The molecule has 1 aliphatic carbocycles. The van der Waals surface area contributed by atoms with Gasteiger partial charge in [0.15, 0.2) is 0 Å². The van der Waals surface area contributed by atoms with Crippen molar-refractivity contribution in [2.24, 2.45) is 17.8 Å². The Morgan fingerprint density at radius 3 is 2.36 bits per heavy atom. The van der Waals surface area contributed by atoms with Gasteiger partial charge in [0.25, 0.3) is 0 Å². The van der Waals surface area contributed by atoms with E-state index in [1.165, 1.54) is 0 Å². The molecule has 14 heavy (non-hydrogen) atoms. The van der Waals surface area contributed by atoms with Gasteiger partial charge in [-0.15, -0.1) is 0 Å². The molecule has 3 nitrogen and oxygen atoms in total. The van der Waals surface area contributed by atoms with Crippen LogP contribution in [-0.2, 0) is 4.79 Å². The van der Waals surface area contributed by atoms with E-state index in [4.69, 9.17) is 5.11 Å². The van der Waals surface area contributed by atoms with E-state index in [0.29, 0.717) is 25.9 Å². The van der Waals surface area contributed by atoms with Gasteiger partial charge in [0.1, 0.15) is 5.67 Å². The first kappa shape index (κ1) is 9.90. The molecule has 1 saturated carbocycles. The smallest absolute Gasteiger partial charge is 0.307 e. The summed E-state index contributed by atoms with van der Waals surface area (Å²) in [5.41, 5.74) is -1.16. The second kappa shape index (κ2) is 3.19. The molecule has 2 bridgehead atoms. The van der Waals surface area contributed by atoms with Gasteiger partial charge < -0.3 is 10.4 Å². The first-order chi connectivity index (χ1) is 6.49. The molecule has 2 N–H and O–H groups in total. The fourth-order valence-corrected chi connectivity index (χ4v) is 3.07. The average Bonchev–Trinajstić information content (AvgIpc) is 1.99. The van der Waals surface area contributed by atoms with Crippen LogP contribution in [0.1, 0.15) is 19.8 Å². The molecule has 0 amide bonds. The Morgan fingerprint density at radius 1 is 1.43 bits per heavy atom. The lowest BCUT2D eigenvalue weighted by atomic mass is 9.65. The first-order valence-corrected chi connectivity index (χ1v) is 5.12. The Balaban J connectivity index is 2.19. The summed E-state index contributed by atoms with van der Waals surface area (Å²) in [7, 11) is 0. The second-order valence-corrected chi connectivity index (χ2v) is 4.86. The Hall–Kier alpha value is -0.640. The standard InChI is InChI=1S/C10H16FNO2/c1-10(11)2-6-4-12-5-7(3-10)8(6)9(13)14/h6-8,12H,2-5H2,1H3,(H,13,14). The minimum atomic E-state index is -1.16. The highest BCUT2D eigenvalue weighted by Gasteiger charge is 2.48. The molecular weight excluding hydrogens is 185 g/mol. The molecule has 2 rings (SSSR count). The average molecular weight is 201 g/mol. The van der Waals surface area contributed by atoms with Crippen molar-refractivity contribution in [3.05, 3.63) is 0 Å². The zero-order valence-electron chi connectivity index (χ0n) is 8.29. The fourth-order valence-electron chi connectivity index (χ4n) is 3.07. The maximum Gasteiger partial charge on any atom is 0.307 e. The van der Waals surface area contributed by atoms with E-state index in [9.17, 15) is 9.18 Å². The Labute approximate surface area is 82.7 Å². The molecule has 80 valence electrons. The van der Waals surface area contributed by atoms with Gasteiger partial charge in [0.05, 0.1) is 5.92 Å². The van der Waals surface area contributed by atoms with E-state index in [1.54, 1.807) is 6.92 Å². The van der Waals surface area contributed by atoms with Crippen molar-refractivity contribution in [3.63, 3.8) is 0 Å². The van der Waals surface area contributed by atoms with Crippen LogP contribution in [0.25, 0.3) is 0 Å². The van der Waals surface area contributed by atoms with Crippen molar-refractivity contribution in [3.8, 4) is 0 Å². The number of carbonyl (C=O) groups is 1. The van der Waals surface area contributed by atoms with Crippen LogP contribution in [0, 0.1) is 17.8 Å². The lowest BCUT2D eigenvalue weighted by Gasteiger charge is -2.45. The third kappa shape index (κ3) is 1.63. The summed E-state index contributed by atoms with van der Waals surface area (Å²) < 4.78 is 13.8. The van der Waals surface area contributed by atoms with E-state index >= 15 is 0 Å². The van der Waals surface area contributed by atoms with Crippen LogP contribution < -0.4 is 5.32 Å². The summed E-state index contributed by atoms with van der Waals surface area (Å²) in [6.07, 6.45) is 0.765. The highest BCUT2D eigenvalue weighted by atomic mass is 19.1. The van der Waals surface area contributed by atoms with E-state index < -0.39 is 11.6 Å². The summed E-state index contributed by atoms with van der Waals surface area (Å²) in [5.74, 6) is -1.15. The molecule has 2 atom stereocenters. The molecule has 1 heterocycles. The normalized spacial score (nSPS) is 47.4. The van der Waals surface area contributed by atoms with Gasteiger partial charge in [-0.1, -0.05) is 0 Å². The molecular formula is C10H16FNO2. The first-order valence-electron chi connectivity index (χ1n) is 5.12. The van der Waals surface area contributed by atoms with E-state index in [1.807, 2.05) is 0 Å². The Kier molecular flexibility index (Phi) is 2.26. The summed E-state index contributed by atoms with van der Waals surface area (Å²) in [4.78, 5) is 11.0. The number of carboxylic acid groups (broad SMARTS) is 1. The topological polar surface area (TPSA) is 49.3 Å². The number of halogens is 1. The van der Waals surface area contributed by atoms with E-state index in [2.05, 4.69) is 5.32 Å². The SMILES string of the molecule is CC1(F)CC2CNCC(C1)C2C(=O)O. The number of aliphatic carboxylic acids is 1. The monoisotopic (exact) mass is 201 g/mol. The number of rotatable bonds is 1. The number of fused-ring (bicyclic) bond motifs is 2. The maximum absolute atomic E-state index is 13.8. The minimum absolute atomic E-state index is 0.0324. The van der Waals surface area contributed by atoms with Crippen LogP contribution in [0.15, 0.2) is 0 Å². The van der Waals surface area contributed by atoms with Crippen molar-refractivity contribution >= 4 is 5.97 Å². The van der Waals surface area contributed by atoms with Gasteiger partial charge in [-0.2, -0.15) is 0 Å². The quantitative estimate of drug-likeness (QED) is 0.666. The number of hydrogen-bond donors (Lipinski definition) is 2. The second-order valence-electron chi connectivity index (χ2n) is 4.86. The third-order valence-corrected chi connectivity index (χ3v) is 3.49. The van der Waals surface area contributed by atoms with E-state index in [-0.39, 0.29) is 17.8 Å². The van der Waals surface area contributed by atoms with Crippen LogP contribution in [0.5, 0.6) is 0 Å². The fraction of sp³-hybridized carbons (Fsp3) is 0.900.